The first kappa shape index (κ1) is 20.5. The minimum Gasteiger partial charge on any atom is -0.298 e. The normalized spacial score (nSPS) is 20.6. The fraction of sp³-hybridized carbons (Fsp3) is 0.240. The molecular formula is C25H25NO3S. The van der Waals surface area contributed by atoms with E-state index in [9.17, 15) is 13.2 Å². The molecule has 0 aliphatic carbocycles. The van der Waals surface area contributed by atoms with Crippen LogP contribution in [0.5, 0.6) is 0 Å². The van der Waals surface area contributed by atoms with Crippen molar-refractivity contribution in [1.82, 2.24) is 4.31 Å². The lowest BCUT2D eigenvalue weighted by Crippen LogP contribution is -2.19. The fourth-order valence-corrected chi connectivity index (χ4v) is 5.63. The van der Waals surface area contributed by atoms with Gasteiger partial charge in [0.1, 0.15) is 6.04 Å². The molecule has 1 aliphatic heterocycles. The van der Waals surface area contributed by atoms with E-state index in [1.165, 1.54) is 4.31 Å². The molecule has 0 spiro atoms. The summed E-state index contributed by atoms with van der Waals surface area (Å²) in [6.45, 7) is 2.03. The van der Waals surface area contributed by atoms with Gasteiger partial charge in [-0.3, -0.25) is 4.79 Å². The van der Waals surface area contributed by atoms with Crippen LogP contribution in [0.1, 0.15) is 37.8 Å². The predicted octanol–water partition coefficient (Wildman–Crippen LogP) is 5.23. The average Bonchev–Trinajstić information content (AvgIpc) is 3.56. The number of ketones is 1. The van der Waals surface area contributed by atoms with Crippen molar-refractivity contribution in [3.05, 3.63) is 90.5 Å². The maximum absolute atomic E-state index is 13.2. The molecule has 1 unspecified atom stereocenters. The Bertz CT molecular complexity index is 1110. The molecule has 3 aromatic rings. The molecule has 0 saturated carbocycles. The lowest BCUT2D eigenvalue weighted by Gasteiger charge is -2.07. The highest BCUT2D eigenvalue weighted by Crippen LogP contribution is 2.48. The number of hydrogen-bond donors (Lipinski definition) is 0. The number of nitrogens with zero attached hydrogens (tertiary/aromatic N) is 1. The van der Waals surface area contributed by atoms with Gasteiger partial charge in [-0.05, 0) is 35.2 Å². The van der Waals surface area contributed by atoms with Crippen molar-refractivity contribution in [2.75, 3.05) is 0 Å². The first-order valence-corrected chi connectivity index (χ1v) is 11.7. The summed E-state index contributed by atoms with van der Waals surface area (Å²) < 4.78 is 27.8. The Morgan fingerprint density at radius 3 is 2.00 bits per heavy atom. The van der Waals surface area contributed by atoms with Crippen LogP contribution in [0.25, 0.3) is 11.1 Å². The van der Waals surface area contributed by atoms with Crippen molar-refractivity contribution in [1.29, 1.82) is 0 Å². The summed E-state index contributed by atoms with van der Waals surface area (Å²) >= 11 is 0. The van der Waals surface area contributed by atoms with Gasteiger partial charge in [0, 0.05) is 6.42 Å². The van der Waals surface area contributed by atoms with Crippen LogP contribution in [-0.2, 0) is 14.8 Å². The van der Waals surface area contributed by atoms with Crippen LogP contribution in [-0.4, -0.2) is 24.5 Å². The minimum atomic E-state index is -3.73. The fourth-order valence-electron chi connectivity index (χ4n) is 3.87. The molecule has 1 aliphatic rings. The van der Waals surface area contributed by atoms with E-state index in [0.29, 0.717) is 6.42 Å². The maximum Gasteiger partial charge on any atom is 0.244 e. The monoisotopic (exact) mass is 419 g/mol. The molecule has 0 amide bonds. The lowest BCUT2D eigenvalue weighted by atomic mass is 10.0. The number of benzene rings is 3. The Morgan fingerprint density at radius 2 is 1.40 bits per heavy atom. The molecule has 154 valence electrons. The Morgan fingerprint density at radius 1 is 0.833 bits per heavy atom. The van der Waals surface area contributed by atoms with Gasteiger partial charge in [0.15, 0.2) is 5.78 Å². The summed E-state index contributed by atoms with van der Waals surface area (Å²) in [5.41, 5.74) is 3.01. The van der Waals surface area contributed by atoms with Crippen LogP contribution in [0.4, 0.5) is 0 Å². The van der Waals surface area contributed by atoms with Crippen LogP contribution in [0.2, 0.25) is 0 Å². The molecule has 1 saturated heterocycles. The van der Waals surface area contributed by atoms with Crippen LogP contribution >= 0.6 is 0 Å². The molecule has 5 heteroatoms. The highest BCUT2D eigenvalue weighted by molar-refractivity contribution is 7.89. The van der Waals surface area contributed by atoms with Gasteiger partial charge in [-0.15, -0.1) is 0 Å². The van der Waals surface area contributed by atoms with Crippen molar-refractivity contribution in [3.63, 3.8) is 0 Å². The smallest absolute Gasteiger partial charge is 0.244 e. The van der Waals surface area contributed by atoms with E-state index in [1.54, 1.807) is 30.3 Å². The molecular weight excluding hydrogens is 394 g/mol. The zero-order valence-corrected chi connectivity index (χ0v) is 17.8. The summed E-state index contributed by atoms with van der Waals surface area (Å²) in [6.07, 6.45) is 2.08. The second-order valence-corrected chi connectivity index (χ2v) is 9.44. The van der Waals surface area contributed by atoms with Gasteiger partial charge in [-0.1, -0.05) is 86.1 Å². The quantitative estimate of drug-likeness (QED) is 0.470. The largest absolute Gasteiger partial charge is 0.298 e. The number of hydrogen-bond acceptors (Lipinski definition) is 3. The highest BCUT2D eigenvalue weighted by Gasteiger charge is 2.59. The van der Waals surface area contributed by atoms with E-state index < -0.39 is 22.1 Å². The molecule has 0 bridgehead atoms. The van der Waals surface area contributed by atoms with Crippen molar-refractivity contribution in [3.8, 4) is 11.1 Å². The molecule has 30 heavy (non-hydrogen) atoms. The first-order valence-electron chi connectivity index (χ1n) is 10.3. The van der Waals surface area contributed by atoms with Crippen LogP contribution in [0.3, 0.4) is 0 Å². The molecule has 0 N–H and O–H groups in total. The van der Waals surface area contributed by atoms with Gasteiger partial charge in [0.2, 0.25) is 10.0 Å². The van der Waals surface area contributed by atoms with Crippen molar-refractivity contribution < 1.29 is 13.2 Å². The molecule has 0 aromatic heterocycles. The van der Waals surface area contributed by atoms with Crippen molar-refractivity contribution >= 4 is 15.8 Å². The zero-order valence-electron chi connectivity index (χ0n) is 16.9. The zero-order chi connectivity index (χ0) is 21.1. The Kier molecular flexibility index (Phi) is 5.84. The molecule has 1 fully saturated rings. The third kappa shape index (κ3) is 3.95. The lowest BCUT2D eigenvalue weighted by molar-refractivity contribution is -0.119. The number of sulfonamides is 1. The number of Topliss-reactive ketones (excluding diaryl/α,β-unsaturated/α-hetero) is 1. The van der Waals surface area contributed by atoms with E-state index in [4.69, 9.17) is 0 Å². The molecule has 4 nitrogen and oxygen atoms in total. The molecule has 3 atom stereocenters. The minimum absolute atomic E-state index is 0.00603. The SMILES string of the molecule is CCCCC(=O)[C@H]1[C@@H](c2ccc(-c3ccccc3)cc2)N1S(=O)(=O)c1ccccc1. The molecule has 4 rings (SSSR count). The van der Waals surface area contributed by atoms with Crippen LogP contribution in [0, 0.1) is 0 Å². The molecule has 1 heterocycles. The third-order valence-corrected chi connectivity index (χ3v) is 7.42. The summed E-state index contributed by atoms with van der Waals surface area (Å²) in [7, 11) is -3.73. The number of rotatable bonds is 8. The summed E-state index contributed by atoms with van der Waals surface area (Å²) in [4.78, 5) is 13.0. The van der Waals surface area contributed by atoms with Gasteiger partial charge in [-0.2, -0.15) is 4.31 Å². The van der Waals surface area contributed by atoms with Gasteiger partial charge in [0.05, 0.1) is 10.9 Å². The van der Waals surface area contributed by atoms with E-state index in [2.05, 4.69) is 0 Å². The van der Waals surface area contributed by atoms with Gasteiger partial charge < -0.3 is 0 Å². The Hall–Kier alpha value is -2.76. The number of carbonyl (C=O) groups excluding carboxylic acids is 1. The molecule has 0 radical (unpaired) electrons. The van der Waals surface area contributed by atoms with E-state index in [-0.39, 0.29) is 10.7 Å². The summed E-state index contributed by atoms with van der Waals surface area (Å²) in [5.74, 6) is -0.00603. The first-order chi connectivity index (χ1) is 14.5. The van der Waals surface area contributed by atoms with Gasteiger partial charge in [0.25, 0.3) is 0 Å². The Labute approximate surface area is 178 Å². The van der Waals surface area contributed by atoms with Crippen LogP contribution in [0.15, 0.2) is 89.8 Å². The third-order valence-electron chi connectivity index (χ3n) is 5.54. The van der Waals surface area contributed by atoms with Gasteiger partial charge in [-0.25, -0.2) is 8.42 Å². The van der Waals surface area contributed by atoms with Gasteiger partial charge >= 0.3 is 0 Å². The van der Waals surface area contributed by atoms with E-state index >= 15 is 0 Å². The standard InChI is InChI=1S/C25H25NO3S/c1-2-3-14-23(27)25-24(26(25)30(28,29)22-12-8-5-9-13-22)21-17-15-20(16-18-21)19-10-6-4-7-11-19/h4-13,15-18,24-25H,2-3,14H2,1H3/t24-,25+,26?/m1/s1. The molecule has 3 aromatic carbocycles. The van der Waals surface area contributed by atoms with E-state index in [1.807, 2.05) is 61.5 Å². The van der Waals surface area contributed by atoms with Crippen LogP contribution < -0.4 is 0 Å². The van der Waals surface area contributed by atoms with Crippen molar-refractivity contribution in [2.45, 2.75) is 43.2 Å². The van der Waals surface area contributed by atoms with E-state index in [0.717, 1.165) is 29.5 Å². The maximum atomic E-state index is 13.2. The topological polar surface area (TPSA) is 54.2 Å². The predicted molar refractivity (Wildman–Crippen MR) is 118 cm³/mol. The number of carbonyl (C=O) groups is 1. The number of unbranched alkanes of at least 4 members (excludes halogenated alkanes) is 1. The average molecular weight is 420 g/mol. The summed E-state index contributed by atoms with van der Waals surface area (Å²) in [5, 5.41) is 0. The second-order valence-electron chi connectivity index (χ2n) is 7.60. The van der Waals surface area contributed by atoms with Crippen molar-refractivity contribution in [2.24, 2.45) is 0 Å². The Balaban J connectivity index is 1.65. The highest BCUT2D eigenvalue weighted by atomic mass is 32.2. The second kappa shape index (κ2) is 8.54. The summed E-state index contributed by atoms with van der Waals surface area (Å²) in [6, 6.07) is 25.2.